The maximum absolute atomic E-state index is 15.2. The smallest absolute Gasteiger partial charge is 0.198 e. The van der Waals surface area contributed by atoms with E-state index in [4.69, 9.17) is 4.74 Å². The van der Waals surface area contributed by atoms with Crippen molar-refractivity contribution in [3.05, 3.63) is 65.0 Å². The van der Waals surface area contributed by atoms with E-state index in [0.717, 1.165) is 24.5 Å². The van der Waals surface area contributed by atoms with Gasteiger partial charge in [-0.15, -0.1) is 0 Å². The Morgan fingerprint density at radius 2 is 2.06 bits per heavy atom. The Hall–Kier alpha value is -3.72. The Balaban J connectivity index is 1.73. The van der Waals surface area contributed by atoms with Gasteiger partial charge in [-0.1, -0.05) is 0 Å². The molecule has 0 radical (unpaired) electrons. The molecule has 1 fully saturated rings. The second-order valence-electron chi connectivity index (χ2n) is 8.91. The molecular formula is C26H25F2N5O2. The van der Waals surface area contributed by atoms with Gasteiger partial charge in [-0.2, -0.15) is 5.10 Å². The Labute approximate surface area is 201 Å². The third-order valence-electron chi connectivity index (χ3n) is 6.15. The minimum Gasteiger partial charge on any atom is -0.369 e. The van der Waals surface area contributed by atoms with Crippen LogP contribution in [0.25, 0.3) is 21.8 Å². The number of carbonyl (C=O) groups is 1. The van der Waals surface area contributed by atoms with Crippen LogP contribution in [0, 0.1) is 18.6 Å². The first-order valence-corrected chi connectivity index (χ1v) is 11.5. The van der Waals surface area contributed by atoms with Crippen LogP contribution in [0.4, 0.5) is 14.5 Å². The van der Waals surface area contributed by atoms with Gasteiger partial charge in [-0.25, -0.2) is 18.5 Å². The van der Waals surface area contributed by atoms with Crippen LogP contribution in [-0.2, 0) is 4.74 Å². The molecule has 4 aromatic rings. The van der Waals surface area contributed by atoms with Gasteiger partial charge in [0.05, 0.1) is 29.3 Å². The maximum atomic E-state index is 15.2. The van der Waals surface area contributed by atoms with Gasteiger partial charge in [0.25, 0.3) is 0 Å². The van der Waals surface area contributed by atoms with Gasteiger partial charge >= 0.3 is 0 Å². The molecule has 0 aliphatic carbocycles. The van der Waals surface area contributed by atoms with Crippen molar-refractivity contribution < 1.29 is 18.3 Å². The number of aliphatic imine (C=N–C) groups is 1. The van der Waals surface area contributed by atoms with Gasteiger partial charge in [-0.05, 0) is 49.9 Å². The average molecular weight is 478 g/mol. The zero-order valence-electron chi connectivity index (χ0n) is 19.8. The van der Waals surface area contributed by atoms with Crippen molar-refractivity contribution in [2.75, 3.05) is 20.7 Å². The van der Waals surface area contributed by atoms with E-state index in [9.17, 15) is 9.18 Å². The van der Waals surface area contributed by atoms with Gasteiger partial charge in [0.1, 0.15) is 11.3 Å². The van der Waals surface area contributed by atoms with E-state index in [-0.39, 0.29) is 22.0 Å². The number of fused-ring (bicyclic) bond motifs is 2. The van der Waals surface area contributed by atoms with Crippen LogP contribution in [0.5, 0.6) is 0 Å². The summed E-state index contributed by atoms with van der Waals surface area (Å²) < 4.78 is 37.4. The number of aryl methyl sites for hydroxylation is 1. The minimum atomic E-state index is -0.949. The van der Waals surface area contributed by atoms with Crippen LogP contribution in [-0.4, -0.2) is 52.5 Å². The van der Waals surface area contributed by atoms with Crippen molar-refractivity contribution in [3.8, 4) is 0 Å². The third-order valence-corrected chi connectivity index (χ3v) is 6.15. The molecule has 0 spiro atoms. The third kappa shape index (κ3) is 4.05. The first-order chi connectivity index (χ1) is 16.9. The highest BCUT2D eigenvalue weighted by molar-refractivity contribution is 6.21. The fraction of sp³-hybridized carbons (Fsp3) is 0.308. The summed E-state index contributed by atoms with van der Waals surface area (Å²) in [7, 11) is 3.62. The molecule has 180 valence electrons. The Kier molecular flexibility index (Phi) is 6.02. The van der Waals surface area contributed by atoms with Crippen LogP contribution >= 0.6 is 0 Å². The monoisotopic (exact) mass is 477 g/mol. The Bertz CT molecular complexity index is 1470. The largest absolute Gasteiger partial charge is 0.369 e. The first-order valence-electron chi connectivity index (χ1n) is 11.5. The molecule has 1 saturated heterocycles. The SMILES string of the molecule is Cc1cc(C(=O)c2c(F)cc(F)c3c2cnn3C2CCCCO2)c(N=CN(C)C)c2cccnc12. The summed E-state index contributed by atoms with van der Waals surface area (Å²) in [6.45, 7) is 2.37. The average Bonchev–Trinajstić information content (AvgIpc) is 3.29. The van der Waals surface area contributed by atoms with Crippen LogP contribution in [0.2, 0.25) is 0 Å². The van der Waals surface area contributed by atoms with Gasteiger partial charge in [-0.3, -0.25) is 9.78 Å². The van der Waals surface area contributed by atoms with Crippen molar-refractivity contribution >= 4 is 39.6 Å². The molecule has 1 unspecified atom stereocenters. The standard InChI is InChI=1S/C26H25F2N5O2/c1-15-11-17(24(30-14-32(2)3)16-7-6-9-29-23(15)16)26(34)22-18-13-31-33(21-8-4-5-10-35-21)25(18)20(28)12-19(22)27/h6-7,9,11-14,21H,4-5,8,10H2,1-3H3. The number of hydrogen-bond acceptors (Lipinski definition) is 5. The summed E-state index contributed by atoms with van der Waals surface area (Å²) in [5.41, 5.74) is 1.83. The molecular weight excluding hydrogens is 452 g/mol. The topological polar surface area (TPSA) is 72.6 Å². The number of nitrogens with zero attached hydrogens (tertiary/aromatic N) is 5. The predicted molar refractivity (Wildman–Crippen MR) is 130 cm³/mol. The van der Waals surface area contributed by atoms with E-state index >= 15 is 4.39 Å². The molecule has 3 heterocycles. The number of ether oxygens (including phenoxy) is 1. The lowest BCUT2D eigenvalue weighted by molar-refractivity contribution is -0.0369. The fourth-order valence-corrected chi connectivity index (χ4v) is 4.56. The number of aromatic nitrogens is 3. The van der Waals surface area contributed by atoms with Gasteiger partial charge < -0.3 is 9.64 Å². The zero-order valence-corrected chi connectivity index (χ0v) is 19.8. The molecule has 5 rings (SSSR count). The van der Waals surface area contributed by atoms with E-state index in [1.165, 1.54) is 10.9 Å². The quantitative estimate of drug-likeness (QED) is 0.221. The molecule has 1 aliphatic heterocycles. The highest BCUT2D eigenvalue weighted by Crippen LogP contribution is 2.36. The van der Waals surface area contributed by atoms with E-state index in [0.29, 0.717) is 29.6 Å². The van der Waals surface area contributed by atoms with Crippen molar-refractivity contribution in [1.29, 1.82) is 0 Å². The van der Waals surface area contributed by atoms with Crippen molar-refractivity contribution in [3.63, 3.8) is 0 Å². The lowest BCUT2D eigenvalue weighted by Gasteiger charge is -2.23. The Morgan fingerprint density at radius 1 is 1.23 bits per heavy atom. The van der Waals surface area contributed by atoms with Gasteiger partial charge in [0, 0.05) is 49.3 Å². The van der Waals surface area contributed by atoms with Gasteiger partial charge in [0.2, 0.25) is 0 Å². The highest BCUT2D eigenvalue weighted by atomic mass is 19.1. The minimum absolute atomic E-state index is 0.0548. The summed E-state index contributed by atoms with van der Waals surface area (Å²) >= 11 is 0. The number of hydrogen-bond donors (Lipinski definition) is 0. The van der Waals surface area contributed by atoms with Crippen LogP contribution in [0.3, 0.4) is 0 Å². The molecule has 1 aliphatic rings. The van der Waals surface area contributed by atoms with E-state index in [2.05, 4.69) is 15.1 Å². The molecule has 0 amide bonds. The summed E-state index contributed by atoms with van der Waals surface area (Å²) in [6, 6.07) is 5.98. The first kappa shape index (κ1) is 23.0. The molecule has 9 heteroatoms. The summed E-state index contributed by atoms with van der Waals surface area (Å²) in [6.07, 6.45) is 6.62. The molecule has 1 atom stereocenters. The van der Waals surface area contributed by atoms with E-state index < -0.39 is 23.6 Å². The fourth-order valence-electron chi connectivity index (χ4n) is 4.56. The molecule has 0 bridgehead atoms. The van der Waals surface area contributed by atoms with Crippen LogP contribution in [0.1, 0.15) is 47.0 Å². The summed E-state index contributed by atoms with van der Waals surface area (Å²) in [4.78, 5) is 24.6. The normalized spacial score (nSPS) is 16.4. The van der Waals surface area contributed by atoms with E-state index in [1.807, 2.05) is 27.1 Å². The molecule has 2 aromatic carbocycles. The van der Waals surface area contributed by atoms with Crippen molar-refractivity contribution in [2.24, 2.45) is 4.99 Å². The zero-order chi connectivity index (χ0) is 24.7. The van der Waals surface area contributed by atoms with Gasteiger partial charge in [0.15, 0.2) is 17.8 Å². The molecule has 35 heavy (non-hydrogen) atoms. The number of pyridine rings is 1. The van der Waals surface area contributed by atoms with Crippen LogP contribution in [0.15, 0.2) is 41.7 Å². The summed E-state index contributed by atoms with van der Waals surface area (Å²) in [5.74, 6) is -2.34. The van der Waals surface area contributed by atoms with Crippen molar-refractivity contribution in [1.82, 2.24) is 19.7 Å². The number of halogens is 2. The second-order valence-corrected chi connectivity index (χ2v) is 8.91. The number of carbonyl (C=O) groups excluding carboxylic acids is 1. The number of ketones is 1. The predicted octanol–water partition coefficient (Wildman–Crippen LogP) is 5.32. The van der Waals surface area contributed by atoms with Crippen LogP contribution < -0.4 is 0 Å². The molecule has 7 nitrogen and oxygen atoms in total. The number of benzene rings is 2. The molecule has 0 N–H and O–H groups in total. The number of rotatable bonds is 5. The Morgan fingerprint density at radius 3 is 2.80 bits per heavy atom. The lowest BCUT2D eigenvalue weighted by atomic mass is 9.94. The maximum Gasteiger partial charge on any atom is 0.198 e. The molecule has 0 saturated carbocycles. The lowest BCUT2D eigenvalue weighted by Crippen LogP contribution is -2.19. The molecule has 2 aromatic heterocycles. The summed E-state index contributed by atoms with van der Waals surface area (Å²) in [5, 5.41) is 5.06. The van der Waals surface area contributed by atoms with Crippen molar-refractivity contribution in [2.45, 2.75) is 32.4 Å². The highest BCUT2D eigenvalue weighted by Gasteiger charge is 2.28. The second kappa shape index (κ2) is 9.14. The van der Waals surface area contributed by atoms with E-state index in [1.54, 1.807) is 29.6 Å².